The predicted molar refractivity (Wildman–Crippen MR) is 80.9 cm³/mol. The number of hydrogen-bond donors (Lipinski definition) is 1. The maximum atomic E-state index is 6.15. The maximum absolute atomic E-state index is 6.15. The second kappa shape index (κ2) is 5.15. The molecule has 3 nitrogen and oxygen atoms in total. The number of hydrogen-bond acceptors (Lipinski definition) is 4. The second-order valence-corrected chi connectivity index (χ2v) is 5.51. The molecule has 0 fully saturated rings. The largest absolute Gasteiger partial charge is 0.348 e. The first-order valence-corrected chi connectivity index (χ1v) is 7.22. The highest BCUT2D eigenvalue weighted by Gasteiger charge is 2.10. The standard InChI is InChI=1S/C14H12ClN3S/c1-9(10-5-3-2-4-6-10)16-14-17-12(15)11-7-8-19-13(11)18-14/h2-9H,1H3,(H,16,17,18). The summed E-state index contributed by atoms with van der Waals surface area (Å²) >= 11 is 7.71. The highest BCUT2D eigenvalue weighted by Crippen LogP contribution is 2.27. The highest BCUT2D eigenvalue weighted by molar-refractivity contribution is 7.16. The van der Waals surface area contributed by atoms with Gasteiger partial charge in [0.15, 0.2) is 0 Å². The normalized spacial score (nSPS) is 12.5. The van der Waals surface area contributed by atoms with Gasteiger partial charge in [0.05, 0.1) is 6.04 Å². The van der Waals surface area contributed by atoms with Crippen LogP contribution in [0.4, 0.5) is 5.95 Å². The summed E-state index contributed by atoms with van der Waals surface area (Å²) in [6.45, 7) is 2.07. The zero-order valence-electron chi connectivity index (χ0n) is 10.3. The second-order valence-electron chi connectivity index (χ2n) is 4.25. The van der Waals surface area contributed by atoms with Crippen molar-refractivity contribution in [2.75, 3.05) is 5.32 Å². The summed E-state index contributed by atoms with van der Waals surface area (Å²) in [6.07, 6.45) is 0. The molecule has 1 unspecified atom stereocenters. The number of nitrogens with one attached hydrogen (secondary N) is 1. The lowest BCUT2D eigenvalue weighted by molar-refractivity contribution is 0.864. The quantitative estimate of drug-likeness (QED) is 0.721. The monoisotopic (exact) mass is 289 g/mol. The van der Waals surface area contributed by atoms with Crippen molar-refractivity contribution in [1.82, 2.24) is 9.97 Å². The van der Waals surface area contributed by atoms with Crippen molar-refractivity contribution in [3.05, 3.63) is 52.5 Å². The molecule has 1 aromatic carbocycles. The molecule has 0 saturated heterocycles. The number of anilines is 1. The predicted octanol–water partition coefficient (Wildman–Crippen LogP) is 4.52. The van der Waals surface area contributed by atoms with Crippen molar-refractivity contribution in [2.24, 2.45) is 0 Å². The van der Waals surface area contributed by atoms with Crippen LogP contribution < -0.4 is 5.32 Å². The van der Waals surface area contributed by atoms with E-state index in [-0.39, 0.29) is 6.04 Å². The molecular formula is C14H12ClN3S. The van der Waals surface area contributed by atoms with Gasteiger partial charge in [0.1, 0.15) is 9.98 Å². The van der Waals surface area contributed by atoms with Gasteiger partial charge in [-0.3, -0.25) is 0 Å². The van der Waals surface area contributed by atoms with Crippen LogP contribution in [0.2, 0.25) is 5.15 Å². The van der Waals surface area contributed by atoms with Crippen molar-refractivity contribution in [3.8, 4) is 0 Å². The highest BCUT2D eigenvalue weighted by atomic mass is 35.5. The number of thiophene rings is 1. The van der Waals surface area contributed by atoms with E-state index >= 15 is 0 Å². The average Bonchev–Trinajstić information content (AvgIpc) is 2.88. The van der Waals surface area contributed by atoms with Crippen molar-refractivity contribution in [1.29, 1.82) is 0 Å². The Balaban J connectivity index is 1.89. The molecule has 0 bridgehead atoms. The van der Waals surface area contributed by atoms with Gasteiger partial charge in [-0.05, 0) is 23.9 Å². The fourth-order valence-electron chi connectivity index (χ4n) is 1.90. The van der Waals surface area contributed by atoms with E-state index in [1.807, 2.05) is 29.6 Å². The lowest BCUT2D eigenvalue weighted by Gasteiger charge is -2.14. The third kappa shape index (κ3) is 2.55. The molecule has 19 heavy (non-hydrogen) atoms. The third-order valence-electron chi connectivity index (χ3n) is 2.92. The molecule has 3 aromatic rings. The Hall–Kier alpha value is -1.65. The maximum Gasteiger partial charge on any atom is 0.225 e. The molecule has 0 saturated carbocycles. The van der Waals surface area contributed by atoms with Crippen LogP contribution in [0.5, 0.6) is 0 Å². The van der Waals surface area contributed by atoms with E-state index < -0.39 is 0 Å². The molecule has 0 radical (unpaired) electrons. The van der Waals surface area contributed by atoms with Crippen LogP contribution in [-0.2, 0) is 0 Å². The van der Waals surface area contributed by atoms with Crippen LogP contribution in [0.1, 0.15) is 18.5 Å². The average molecular weight is 290 g/mol. The van der Waals surface area contributed by atoms with Gasteiger partial charge in [-0.2, -0.15) is 0 Å². The Kier molecular flexibility index (Phi) is 3.36. The van der Waals surface area contributed by atoms with E-state index in [1.54, 1.807) is 11.3 Å². The van der Waals surface area contributed by atoms with E-state index in [9.17, 15) is 0 Å². The van der Waals surface area contributed by atoms with E-state index in [2.05, 4.69) is 34.3 Å². The van der Waals surface area contributed by atoms with Gasteiger partial charge in [0.2, 0.25) is 5.95 Å². The zero-order chi connectivity index (χ0) is 13.2. The van der Waals surface area contributed by atoms with Crippen LogP contribution in [-0.4, -0.2) is 9.97 Å². The van der Waals surface area contributed by atoms with Crippen molar-refractivity contribution in [3.63, 3.8) is 0 Å². The summed E-state index contributed by atoms with van der Waals surface area (Å²) in [7, 11) is 0. The van der Waals surface area contributed by atoms with Gasteiger partial charge in [-0.1, -0.05) is 41.9 Å². The Labute approximate surface area is 120 Å². The molecule has 5 heteroatoms. The van der Waals surface area contributed by atoms with Gasteiger partial charge in [-0.15, -0.1) is 11.3 Å². The minimum atomic E-state index is 0.134. The first-order chi connectivity index (χ1) is 9.24. The van der Waals surface area contributed by atoms with Gasteiger partial charge in [0.25, 0.3) is 0 Å². The minimum Gasteiger partial charge on any atom is -0.348 e. The Bertz CT molecular complexity index is 696. The molecule has 1 N–H and O–H groups in total. The number of nitrogens with zero attached hydrogens (tertiary/aromatic N) is 2. The zero-order valence-corrected chi connectivity index (χ0v) is 11.9. The summed E-state index contributed by atoms with van der Waals surface area (Å²) in [5, 5.41) is 6.65. The van der Waals surface area contributed by atoms with E-state index in [0.29, 0.717) is 11.1 Å². The van der Waals surface area contributed by atoms with E-state index in [0.717, 1.165) is 10.2 Å². The van der Waals surface area contributed by atoms with Crippen LogP contribution in [0, 0.1) is 0 Å². The molecule has 0 aliphatic heterocycles. The Morgan fingerprint density at radius 2 is 1.95 bits per heavy atom. The molecule has 0 aliphatic rings. The SMILES string of the molecule is CC(Nc1nc(Cl)c2ccsc2n1)c1ccccc1. The van der Waals surface area contributed by atoms with Crippen molar-refractivity contribution >= 4 is 39.1 Å². The Morgan fingerprint density at radius 1 is 1.16 bits per heavy atom. The van der Waals surface area contributed by atoms with Gasteiger partial charge < -0.3 is 5.32 Å². The van der Waals surface area contributed by atoms with E-state index in [4.69, 9.17) is 11.6 Å². The minimum absolute atomic E-state index is 0.134. The van der Waals surface area contributed by atoms with Crippen molar-refractivity contribution < 1.29 is 0 Å². The molecular weight excluding hydrogens is 278 g/mol. The summed E-state index contributed by atoms with van der Waals surface area (Å²) in [4.78, 5) is 9.67. The van der Waals surface area contributed by atoms with Crippen LogP contribution in [0.25, 0.3) is 10.2 Å². The summed E-state index contributed by atoms with van der Waals surface area (Å²) in [5.74, 6) is 0.566. The number of halogens is 1. The van der Waals surface area contributed by atoms with Gasteiger partial charge >= 0.3 is 0 Å². The van der Waals surface area contributed by atoms with E-state index in [1.165, 1.54) is 5.56 Å². The lowest BCUT2D eigenvalue weighted by Crippen LogP contribution is -2.09. The number of aromatic nitrogens is 2. The molecule has 0 spiro atoms. The molecule has 1 atom stereocenters. The number of benzene rings is 1. The van der Waals surface area contributed by atoms with Gasteiger partial charge in [-0.25, -0.2) is 9.97 Å². The van der Waals surface area contributed by atoms with Crippen LogP contribution >= 0.6 is 22.9 Å². The number of fused-ring (bicyclic) bond motifs is 1. The molecule has 0 amide bonds. The summed E-state index contributed by atoms with van der Waals surface area (Å²) < 4.78 is 0. The molecule has 96 valence electrons. The molecule has 0 aliphatic carbocycles. The first kappa shape index (κ1) is 12.4. The molecule has 2 aromatic heterocycles. The topological polar surface area (TPSA) is 37.8 Å². The first-order valence-electron chi connectivity index (χ1n) is 5.96. The smallest absolute Gasteiger partial charge is 0.225 e. The summed E-state index contributed by atoms with van der Waals surface area (Å²) in [6, 6.07) is 12.3. The molecule has 2 heterocycles. The van der Waals surface area contributed by atoms with Crippen LogP contribution in [0.15, 0.2) is 41.8 Å². The van der Waals surface area contributed by atoms with Crippen molar-refractivity contribution in [2.45, 2.75) is 13.0 Å². The third-order valence-corrected chi connectivity index (χ3v) is 4.02. The molecule has 3 rings (SSSR count). The lowest BCUT2D eigenvalue weighted by atomic mass is 10.1. The Morgan fingerprint density at radius 3 is 2.74 bits per heavy atom. The number of rotatable bonds is 3. The van der Waals surface area contributed by atoms with Crippen LogP contribution in [0.3, 0.4) is 0 Å². The fraction of sp³-hybridized carbons (Fsp3) is 0.143. The van der Waals surface area contributed by atoms with Gasteiger partial charge in [0, 0.05) is 5.39 Å². The summed E-state index contributed by atoms with van der Waals surface area (Å²) in [5.41, 5.74) is 1.19. The fourth-order valence-corrected chi connectivity index (χ4v) is 2.95.